The van der Waals surface area contributed by atoms with Gasteiger partial charge in [-0.25, -0.2) is 0 Å². The summed E-state index contributed by atoms with van der Waals surface area (Å²) in [7, 11) is 0. The second-order valence-electron chi connectivity index (χ2n) is 4.11. The second kappa shape index (κ2) is 5.22. The number of benzene rings is 1. The van der Waals surface area contributed by atoms with Crippen LogP contribution in [-0.4, -0.2) is 12.5 Å². The maximum absolute atomic E-state index is 11.3. The van der Waals surface area contributed by atoms with Gasteiger partial charge in [-0.15, -0.1) is 11.3 Å². The Morgan fingerprint density at radius 2 is 2.26 bits per heavy atom. The van der Waals surface area contributed by atoms with Crippen molar-refractivity contribution in [2.45, 2.75) is 6.54 Å². The fraction of sp³-hybridized carbons (Fsp3) is 0.154. The first-order valence-electron chi connectivity index (χ1n) is 5.75. The molecule has 0 unspecified atom stereocenters. The molecule has 2 N–H and O–H groups in total. The number of fused-ring (bicyclic) bond motifs is 1. The number of ether oxygens (including phenoxy) is 1. The predicted molar refractivity (Wildman–Crippen MR) is 79.9 cm³/mol. The van der Waals surface area contributed by atoms with E-state index < -0.39 is 0 Å². The van der Waals surface area contributed by atoms with Gasteiger partial charge < -0.3 is 15.4 Å². The highest BCUT2D eigenvalue weighted by Crippen LogP contribution is 2.31. The molecule has 2 heterocycles. The van der Waals surface area contributed by atoms with Gasteiger partial charge in [0, 0.05) is 17.1 Å². The molecule has 2 aromatic rings. The average molecular weight is 339 g/mol. The van der Waals surface area contributed by atoms with Crippen molar-refractivity contribution >= 4 is 44.5 Å². The fourth-order valence-electron chi connectivity index (χ4n) is 1.83. The molecule has 0 saturated heterocycles. The summed E-state index contributed by atoms with van der Waals surface area (Å²) >= 11 is 5.14. The highest BCUT2D eigenvalue weighted by molar-refractivity contribution is 9.11. The van der Waals surface area contributed by atoms with Gasteiger partial charge in [-0.3, -0.25) is 4.79 Å². The summed E-state index contributed by atoms with van der Waals surface area (Å²) in [6, 6.07) is 9.79. The highest BCUT2D eigenvalue weighted by atomic mass is 79.9. The number of thiophene rings is 1. The van der Waals surface area contributed by atoms with Crippen LogP contribution in [0.15, 0.2) is 34.1 Å². The van der Waals surface area contributed by atoms with Crippen molar-refractivity contribution in [3.05, 3.63) is 39.0 Å². The lowest BCUT2D eigenvalue weighted by molar-refractivity contribution is -0.118. The molecular weight excluding hydrogens is 328 g/mol. The van der Waals surface area contributed by atoms with Crippen LogP contribution in [0, 0.1) is 0 Å². The molecule has 6 heteroatoms. The van der Waals surface area contributed by atoms with Crippen LogP contribution in [0.5, 0.6) is 5.75 Å². The number of rotatable bonds is 3. The Morgan fingerprint density at radius 1 is 1.37 bits per heavy atom. The number of carbonyl (C=O) groups excluding carboxylic acids is 1. The third-order valence-electron chi connectivity index (χ3n) is 2.71. The van der Waals surface area contributed by atoms with Crippen LogP contribution in [0.4, 0.5) is 11.4 Å². The number of hydrogen-bond acceptors (Lipinski definition) is 4. The van der Waals surface area contributed by atoms with Crippen molar-refractivity contribution in [1.29, 1.82) is 0 Å². The standard InChI is InChI=1S/C13H11BrN2O2S/c14-12-4-2-9(19-12)6-15-8-1-3-11-10(5-8)16-13(17)7-18-11/h1-5,15H,6-7H2,(H,16,17). The lowest BCUT2D eigenvalue weighted by Gasteiger charge is -2.18. The Morgan fingerprint density at radius 3 is 3.05 bits per heavy atom. The first-order chi connectivity index (χ1) is 9.20. The maximum atomic E-state index is 11.3. The summed E-state index contributed by atoms with van der Waals surface area (Å²) in [5.74, 6) is 0.593. The third kappa shape index (κ3) is 2.90. The van der Waals surface area contributed by atoms with Crippen molar-refractivity contribution in [3.8, 4) is 5.75 Å². The average Bonchev–Trinajstić information content (AvgIpc) is 2.81. The quantitative estimate of drug-likeness (QED) is 0.901. The van der Waals surface area contributed by atoms with Gasteiger partial charge in [-0.2, -0.15) is 0 Å². The van der Waals surface area contributed by atoms with Gasteiger partial charge in [0.15, 0.2) is 6.61 Å². The van der Waals surface area contributed by atoms with Gasteiger partial charge in [0.2, 0.25) is 0 Å². The molecule has 0 aliphatic carbocycles. The van der Waals surface area contributed by atoms with E-state index in [4.69, 9.17) is 4.74 Å². The van der Waals surface area contributed by atoms with Crippen LogP contribution < -0.4 is 15.4 Å². The Balaban J connectivity index is 1.71. The van der Waals surface area contributed by atoms with E-state index in [1.807, 2.05) is 24.3 Å². The lowest BCUT2D eigenvalue weighted by atomic mass is 10.2. The predicted octanol–water partition coefficient (Wildman–Crippen LogP) is 3.45. The number of nitrogens with one attached hydrogen (secondary N) is 2. The molecule has 0 bridgehead atoms. The summed E-state index contributed by atoms with van der Waals surface area (Å²) in [6.07, 6.45) is 0. The van der Waals surface area contributed by atoms with Crippen LogP contribution in [0.3, 0.4) is 0 Å². The molecule has 1 aliphatic rings. The molecule has 1 aromatic carbocycles. The van der Waals surface area contributed by atoms with Crippen LogP contribution >= 0.6 is 27.3 Å². The van der Waals surface area contributed by atoms with Gasteiger partial charge in [0.1, 0.15) is 5.75 Å². The summed E-state index contributed by atoms with van der Waals surface area (Å²) < 4.78 is 6.43. The first-order valence-corrected chi connectivity index (χ1v) is 7.36. The third-order valence-corrected chi connectivity index (χ3v) is 4.33. The van der Waals surface area contributed by atoms with Crippen molar-refractivity contribution in [2.75, 3.05) is 17.2 Å². The fourth-order valence-corrected chi connectivity index (χ4v) is 3.25. The molecule has 0 atom stereocenters. The van der Waals surface area contributed by atoms with Gasteiger partial charge >= 0.3 is 0 Å². The Bertz CT molecular complexity index is 627. The van der Waals surface area contributed by atoms with Crippen molar-refractivity contribution in [1.82, 2.24) is 0 Å². The summed E-state index contributed by atoms with van der Waals surface area (Å²) in [5, 5.41) is 6.12. The van der Waals surface area contributed by atoms with E-state index in [9.17, 15) is 4.79 Å². The number of anilines is 2. The SMILES string of the molecule is O=C1COc2ccc(NCc3ccc(Br)s3)cc2N1. The summed E-state index contributed by atoms with van der Waals surface area (Å²) in [4.78, 5) is 12.5. The molecular formula is C13H11BrN2O2S. The lowest BCUT2D eigenvalue weighted by Crippen LogP contribution is -2.25. The molecule has 1 aromatic heterocycles. The molecule has 1 aliphatic heterocycles. The van der Waals surface area contributed by atoms with E-state index in [-0.39, 0.29) is 12.5 Å². The summed E-state index contributed by atoms with van der Waals surface area (Å²) in [5.41, 5.74) is 1.67. The number of carbonyl (C=O) groups is 1. The smallest absolute Gasteiger partial charge is 0.262 e. The minimum Gasteiger partial charge on any atom is -0.482 e. The second-order valence-corrected chi connectivity index (χ2v) is 6.65. The molecule has 0 fully saturated rings. The highest BCUT2D eigenvalue weighted by Gasteiger charge is 2.15. The number of halogens is 1. The van der Waals surface area contributed by atoms with Crippen LogP contribution in [0.25, 0.3) is 0 Å². The zero-order valence-electron chi connectivity index (χ0n) is 9.90. The Hall–Kier alpha value is -1.53. The summed E-state index contributed by atoms with van der Waals surface area (Å²) in [6.45, 7) is 0.840. The zero-order valence-corrected chi connectivity index (χ0v) is 12.3. The van der Waals surface area contributed by atoms with Gasteiger partial charge in [0.05, 0.1) is 9.47 Å². The Kier molecular flexibility index (Phi) is 3.44. The molecule has 4 nitrogen and oxygen atoms in total. The molecule has 1 amide bonds. The normalized spacial score (nSPS) is 13.4. The largest absolute Gasteiger partial charge is 0.482 e. The monoisotopic (exact) mass is 338 g/mol. The van der Waals surface area contributed by atoms with Crippen molar-refractivity contribution in [3.63, 3.8) is 0 Å². The van der Waals surface area contributed by atoms with Crippen LogP contribution in [-0.2, 0) is 11.3 Å². The first kappa shape index (κ1) is 12.5. The van der Waals surface area contributed by atoms with E-state index in [0.29, 0.717) is 11.4 Å². The molecule has 0 spiro atoms. The van der Waals surface area contributed by atoms with Gasteiger partial charge in [0.25, 0.3) is 5.91 Å². The minimum absolute atomic E-state index is 0.0863. The molecule has 19 heavy (non-hydrogen) atoms. The topological polar surface area (TPSA) is 50.4 Å². The number of hydrogen-bond donors (Lipinski definition) is 2. The molecule has 98 valence electrons. The van der Waals surface area contributed by atoms with Crippen LogP contribution in [0.1, 0.15) is 4.88 Å². The van der Waals surface area contributed by atoms with Crippen molar-refractivity contribution in [2.24, 2.45) is 0 Å². The molecule has 3 rings (SSSR count). The van der Waals surface area contributed by atoms with E-state index in [0.717, 1.165) is 16.0 Å². The number of amides is 1. The van der Waals surface area contributed by atoms with E-state index in [1.54, 1.807) is 11.3 Å². The molecule has 0 saturated carbocycles. The van der Waals surface area contributed by atoms with E-state index in [2.05, 4.69) is 32.6 Å². The molecule has 0 radical (unpaired) electrons. The van der Waals surface area contributed by atoms with Crippen molar-refractivity contribution < 1.29 is 9.53 Å². The van der Waals surface area contributed by atoms with E-state index in [1.165, 1.54) is 4.88 Å². The zero-order chi connectivity index (χ0) is 13.2. The van der Waals surface area contributed by atoms with Gasteiger partial charge in [-0.1, -0.05) is 0 Å². The minimum atomic E-state index is -0.119. The van der Waals surface area contributed by atoms with Crippen LogP contribution in [0.2, 0.25) is 0 Å². The van der Waals surface area contributed by atoms with Gasteiger partial charge in [-0.05, 0) is 46.3 Å². The maximum Gasteiger partial charge on any atom is 0.262 e. The Labute approximate surface area is 122 Å². The van der Waals surface area contributed by atoms with E-state index >= 15 is 0 Å².